The molecule has 2 aromatic rings. The van der Waals surface area contributed by atoms with E-state index < -0.39 is 0 Å². The Bertz CT molecular complexity index is 644. The molecule has 4 nitrogen and oxygen atoms in total. The minimum absolute atomic E-state index is 0.107. The largest absolute Gasteiger partial charge is 0.409 e. The molecule has 0 aliphatic carbocycles. The standard InChI is InChI=1S/C14H13Br2N3O/c15-11-4-5-12(16)13(7-11)18-8-9-2-1-3-10(6-9)14(17)19-20/h1-7,18,20H,8H2,(H2,17,19). The molecule has 0 amide bonds. The van der Waals surface area contributed by atoms with Crippen LogP contribution in [0.5, 0.6) is 0 Å². The van der Waals surface area contributed by atoms with Crippen LogP contribution in [0.15, 0.2) is 56.6 Å². The number of hydrogen-bond donors (Lipinski definition) is 3. The van der Waals surface area contributed by atoms with Gasteiger partial charge in [0.2, 0.25) is 0 Å². The van der Waals surface area contributed by atoms with Gasteiger partial charge in [0.25, 0.3) is 0 Å². The monoisotopic (exact) mass is 397 g/mol. The molecule has 0 fully saturated rings. The molecular formula is C14H13Br2N3O. The lowest BCUT2D eigenvalue weighted by Gasteiger charge is -2.10. The minimum Gasteiger partial charge on any atom is -0.409 e. The van der Waals surface area contributed by atoms with E-state index in [2.05, 4.69) is 42.3 Å². The van der Waals surface area contributed by atoms with E-state index in [1.54, 1.807) is 6.07 Å². The van der Waals surface area contributed by atoms with Crippen LogP contribution in [-0.2, 0) is 6.54 Å². The van der Waals surface area contributed by atoms with E-state index in [9.17, 15) is 0 Å². The van der Waals surface area contributed by atoms with Gasteiger partial charge in [-0.15, -0.1) is 0 Å². The molecule has 0 bridgehead atoms. The third-order valence-electron chi connectivity index (χ3n) is 2.74. The zero-order valence-electron chi connectivity index (χ0n) is 10.5. The smallest absolute Gasteiger partial charge is 0.170 e. The number of benzene rings is 2. The Labute approximate surface area is 133 Å². The average molecular weight is 399 g/mol. The molecule has 0 aromatic heterocycles. The molecule has 4 N–H and O–H groups in total. The van der Waals surface area contributed by atoms with Crippen LogP contribution >= 0.6 is 31.9 Å². The summed E-state index contributed by atoms with van der Waals surface area (Å²) >= 11 is 6.94. The first-order valence-electron chi connectivity index (χ1n) is 5.86. The first-order valence-corrected chi connectivity index (χ1v) is 7.44. The van der Waals surface area contributed by atoms with E-state index >= 15 is 0 Å². The SMILES string of the molecule is NC(=NO)c1cccc(CNc2cc(Br)ccc2Br)c1. The molecule has 20 heavy (non-hydrogen) atoms. The molecule has 0 spiro atoms. The Morgan fingerprint density at radius 1 is 1.20 bits per heavy atom. The topological polar surface area (TPSA) is 70.6 Å². The van der Waals surface area contributed by atoms with Crippen molar-refractivity contribution in [3.05, 3.63) is 62.5 Å². The van der Waals surface area contributed by atoms with Crippen molar-refractivity contribution in [1.29, 1.82) is 0 Å². The molecule has 0 unspecified atom stereocenters. The zero-order valence-corrected chi connectivity index (χ0v) is 13.6. The average Bonchev–Trinajstić information content (AvgIpc) is 2.47. The maximum atomic E-state index is 8.69. The van der Waals surface area contributed by atoms with Crippen LogP contribution in [0.4, 0.5) is 5.69 Å². The molecule has 0 heterocycles. The van der Waals surface area contributed by atoms with E-state index in [1.807, 2.05) is 36.4 Å². The Morgan fingerprint density at radius 3 is 2.75 bits per heavy atom. The first-order chi connectivity index (χ1) is 9.60. The molecule has 0 aliphatic rings. The molecule has 2 aromatic carbocycles. The summed E-state index contributed by atoms with van der Waals surface area (Å²) < 4.78 is 2.00. The number of halogens is 2. The van der Waals surface area contributed by atoms with Crippen LogP contribution in [0, 0.1) is 0 Å². The van der Waals surface area contributed by atoms with Crippen LogP contribution in [0.25, 0.3) is 0 Å². The predicted molar refractivity (Wildman–Crippen MR) is 88.1 cm³/mol. The summed E-state index contributed by atoms with van der Waals surface area (Å²) in [5.41, 5.74) is 8.31. The fourth-order valence-corrected chi connectivity index (χ4v) is 2.48. The predicted octanol–water partition coefficient (Wildman–Crippen LogP) is 3.92. The highest BCUT2D eigenvalue weighted by Crippen LogP contribution is 2.26. The Kier molecular flexibility index (Phi) is 5.03. The summed E-state index contributed by atoms with van der Waals surface area (Å²) in [4.78, 5) is 0. The van der Waals surface area contributed by atoms with Gasteiger partial charge in [-0.25, -0.2) is 0 Å². The third kappa shape index (κ3) is 3.74. The van der Waals surface area contributed by atoms with Gasteiger partial charge >= 0.3 is 0 Å². The normalized spacial score (nSPS) is 11.4. The van der Waals surface area contributed by atoms with Gasteiger partial charge in [0.05, 0.1) is 0 Å². The maximum Gasteiger partial charge on any atom is 0.170 e. The summed E-state index contributed by atoms with van der Waals surface area (Å²) in [6, 6.07) is 13.5. The van der Waals surface area contributed by atoms with Crippen LogP contribution < -0.4 is 11.1 Å². The van der Waals surface area contributed by atoms with Crippen molar-refractivity contribution >= 4 is 43.4 Å². The van der Waals surface area contributed by atoms with Gasteiger partial charge in [0.15, 0.2) is 5.84 Å². The van der Waals surface area contributed by atoms with E-state index in [0.717, 1.165) is 20.2 Å². The molecule has 0 saturated carbocycles. The van der Waals surface area contributed by atoms with Gasteiger partial charge in [-0.3, -0.25) is 0 Å². The van der Waals surface area contributed by atoms with Crippen LogP contribution in [0.3, 0.4) is 0 Å². The van der Waals surface area contributed by atoms with Crippen LogP contribution in [0.1, 0.15) is 11.1 Å². The number of oxime groups is 1. The molecular weight excluding hydrogens is 386 g/mol. The number of nitrogens with one attached hydrogen (secondary N) is 1. The van der Waals surface area contributed by atoms with Crippen LogP contribution in [-0.4, -0.2) is 11.0 Å². The Hall–Kier alpha value is -1.53. The van der Waals surface area contributed by atoms with E-state index in [0.29, 0.717) is 12.1 Å². The van der Waals surface area contributed by atoms with Crippen molar-refractivity contribution in [3.8, 4) is 0 Å². The van der Waals surface area contributed by atoms with Crippen molar-refractivity contribution in [2.24, 2.45) is 10.9 Å². The lowest BCUT2D eigenvalue weighted by Crippen LogP contribution is -2.13. The Balaban J connectivity index is 2.13. The number of hydrogen-bond acceptors (Lipinski definition) is 3. The molecule has 2 rings (SSSR count). The van der Waals surface area contributed by atoms with Gasteiger partial charge in [-0.1, -0.05) is 39.3 Å². The third-order valence-corrected chi connectivity index (χ3v) is 3.93. The van der Waals surface area contributed by atoms with Crippen molar-refractivity contribution in [3.63, 3.8) is 0 Å². The van der Waals surface area contributed by atoms with Crippen LogP contribution in [0.2, 0.25) is 0 Å². The fraction of sp³-hybridized carbons (Fsp3) is 0.0714. The number of amidine groups is 1. The first kappa shape index (κ1) is 14.9. The van der Waals surface area contributed by atoms with Gasteiger partial charge in [-0.05, 0) is 45.8 Å². The highest BCUT2D eigenvalue weighted by atomic mass is 79.9. The molecule has 0 atom stereocenters. The van der Waals surface area contributed by atoms with Crippen molar-refractivity contribution in [2.75, 3.05) is 5.32 Å². The second kappa shape index (κ2) is 6.76. The summed E-state index contributed by atoms with van der Waals surface area (Å²) in [5.74, 6) is 0.107. The molecule has 0 radical (unpaired) electrons. The van der Waals surface area contributed by atoms with Crippen molar-refractivity contribution in [1.82, 2.24) is 0 Å². The van der Waals surface area contributed by atoms with Crippen molar-refractivity contribution in [2.45, 2.75) is 6.54 Å². The highest BCUT2D eigenvalue weighted by Gasteiger charge is 2.03. The van der Waals surface area contributed by atoms with E-state index in [1.165, 1.54) is 0 Å². The number of anilines is 1. The zero-order chi connectivity index (χ0) is 14.5. The molecule has 104 valence electrons. The van der Waals surface area contributed by atoms with Gasteiger partial charge in [0.1, 0.15) is 0 Å². The number of nitrogens with zero attached hydrogens (tertiary/aromatic N) is 1. The summed E-state index contributed by atoms with van der Waals surface area (Å²) in [6.07, 6.45) is 0. The summed E-state index contributed by atoms with van der Waals surface area (Å²) in [5, 5.41) is 15.0. The molecule has 0 aliphatic heterocycles. The Morgan fingerprint density at radius 2 is 2.00 bits per heavy atom. The second-order valence-corrected chi connectivity index (χ2v) is 5.93. The minimum atomic E-state index is 0.107. The number of nitrogens with two attached hydrogens (primary N) is 1. The van der Waals surface area contributed by atoms with Crippen molar-refractivity contribution < 1.29 is 5.21 Å². The van der Waals surface area contributed by atoms with Gasteiger partial charge in [-0.2, -0.15) is 0 Å². The highest BCUT2D eigenvalue weighted by molar-refractivity contribution is 9.11. The molecule has 6 heteroatoms. The lowest BCUT2D eigenvalue weighted by atomic mass is 10.1. The van der Waals surface area contributed by atoms with Gasteiger partial charge in [0, 0.05) is 26.7 Å². The number of rotatable bonds is 4. The fourth-order valence-electron chi connectivity index (χ4n) is 1.73. The lowest BCUT2D eigenvalue weighted by molar-refractivity contribution is 0.318. The van der Waals surface area contributed by atoms with E-state index in [-0.39, 0.29) is 5.84 Å². The summed E-state index contributed by atoms with van der Waals surface area (Å²) in [6.45, 7) is 0.640. The quantitative estimate of drug-likeness (QED) is 0.316. The van der Waals surface area contributed by atoms with Gasteiger partial charge < -0.3 is 16.3 Å². The maximum absolute atomic E-state index is 8.69. The second-order valence-electron chi connectivity index (χ2n) is 4.16. The van der Waals surface area contributed by atoms with E-state index in [4.69, 9.17) is 10.9 Å². The molecule has 0 saturated heterocycles. The summed E-state index contributed by atoms with van der Waals surface area (Å²) in [7, 11) is 0.